The number of nitrogens with zero attached hydrogens (tertiary/aromatic N) is 1. The SMILES string of the molecule is CC(C)c1ccc(OCC(=O)N2CCC(c3ccccc3)S(=O)(=O)CC2)cc1. The number of hydrogen-bond donors (Lipinski definition) is 0. The van der Waals surface area contributed by atoms with E-state index < -0.39 is 15.1 Å². The largest absolute Gasteiger partial charge is 0.484 e. The summed E-state index contributed by atoms with van der Waals surface area (Å²) in [5, 5.41) is -0.559. The van der Waals surface area contributed by atoms with Crippen LogP contribution in [-0.2, 0) is 14.6 Å². The van der Waals surface area contributed by atoms with Crippen molar-refractivity contribution in [3.63, 3.8) is 0 Å². The molecule has 6 heteroatoms. The standard InChI is InChI=1S/C22H27NO4S/c1-17(2)18-8-10-20(11-9-18)27-16-22(24)23-13-12-21(28(25,26)15-14-23)19-6-4-3-5-7-19/h3-11,17,21H,12-16H2,1-2H3. The summed E-state index contributed by atoms with van der Waals surface area (Å²) < 4.78 is 31.0. The minimum atomic E-state index is -3.29. The predicted molar refractivity (Wildman–Crippen MR) is 110 cm³/mol. The van der Waals surface area contributed by atoms with Gasteiger partial charge in [0.1, 0.15) is 5.75 Å². The average Bonchev–Trinajstić information content (AvgIpc) is 2.85. The Balaban J connectivity index is 1.60. The maximum Gasteiger partial charge on any atom is 0.260 e. The van der Waals surface area contributed by atoms with Crippen LogP contribution in [0.5, 0.6) is 5.75 Å². The molecule has 1 unspecified atom stereocenters. The first-order valence-corrected chi connectivity index (χ1v) is 11.4. The van der Waals surface area contributed by atoms with E-state index in [1.54, 1.807) is 4.90 Å². The van der Waals surface area contributed by atoms with Gasteiger partial charge in [0.2, 0.25) is 0 Å². The van der Waals surface area contributed by atoms with Crippen LogP contribution in [0.15, 0.2) is 54.6 Å². The van der Waals surface area contributed by atoms with Gasteiger partial charge in [-0.1, -0.05) is 56.3 Å². The molecule has 1 amide bonds. The van der Waals surface area contributed by atoms with Crippen molar-refractivity contribution < 1.29 is 17.9 Å². The van der Waals surface area contributed by atoms with E-state index >= 15 is 0 Å². The number of benzene rings is 2. The van der Waals surface area contributed by atoms with Gasteiger partial charge in [0.15, 0.2) is 16.4 Å². The van der Waals surface area contributed by atoms with Gasteiger partial charge in [-0.25, -0.2) is 8.42 Å². The number of carbonyl (C=O) groups excluding carboxylic acids is 1. The summed E-state index contributed by atoms with van der Waals surface area (Å²) >= 11 is 0. The number of ether oxygens (including phenoxy) is 1. The topological polar surface area (TPSA) is 63.7 Å². The fraction of sp³-hybridized carbons (Fsp3) is 0.409. The van der Waals surface area contributed by atoms with Gasteiger partial charge in [-0.15, -0.1) is 0 Å². The fourth-order valence-electron chi connectivity index (χ4n) is 3.42. The summed E-state index contributed by atoms with van der Waals surface area (Å²) in [7, 11) is -3.29. The van der Waals surface area contributed by atoms with Crippen molar-refractivity contribution in [2.45, 2.75) is 31.4 Å². The molecule has 0 aliphatic carbocycles. The van der Waals surface area contributed by atoms with Gasteiger partial charge >= 0.3 is 0 Å². The summed E-state index contributed by atoms with van der Waals surface area (Å²) in [6, 6.07) is 16.9. The minimum Gasteiger partial charge on any atom is -0.484 e. The monoisotopic (exact) mass is 401 g/mol. The summed E-state index contributed by atoms with van der Waals surface area (Å²) in [6.07, 6.45) is 0.404. The van der Waals surface area contributed by atoms with Gasteiger partial charge in [-0.3, -0.25) is 4.79 Å². The first kappa shape index (κ1) is 20.4. The number of amides is 1. The van der Waals surface area contributed by atoms with E-state index in [0.717, 1.165) is 5.56 Å². The van der Waals surface area contributed by atoms with Crippen molar-refractivity contribution in [3.05, 3.63) is 65.7 Å². The zero-order valence-corrected chi connectivity index (χ0v) is 17.2. The Kier molecular flexibility index (Phi) is 6.39. The number of sulfone groups is 1. The van der Waals surface area contributed by atoms with E-state index in [2.05, 4.69) is 13.8 Å². The number of carbonyl (C=O) groups is 1. The van der Waals surface area contributed by atoms with Crippen molar-refractivity contribution in [2.75, 3.05) is 25.4 Å². The second kappa shape index (κ2) is 8.78. The van der Waals surface area contributed by atoms with E-state index in [4.69, 9.17) is 4.74 Å². The zero-order chi connectivity index (χ0) is 20.1. The zero-order valence-electron chi connectivity index (χ0n) is 16.4. The average molecular weight is 402 g/mol. The van der Waals surface area contributed by atoms with Crippen LogP contribution in [-0.4, -0.2) is 44.7 Å². The lowest BCUT2D eigenvalue weighted by atomic mass is 10.0. The first-order valence-electron chi connectivity index (χ1n) is 9.64. The Morgan fingerprint density at radius 3 is 2.39 bits per heavy atom. The quantitative estimate of drug-likeness (QED) is 0.768. The van der Waals surface area contributed by atoms with Gasteiger partial charge in [0.05, 0.1) is 11.0 Å². The highest BCUT2D eigenvalue weighted by Gasteiger charge is 2.32. The van der Waals surface area contributed by atoms with Crippen LogP contribution in [0.25, 0.3) is 0 Å². The van der Waals surface area contributed by atoms with Crippen molar-refractivity contribution in [3.8, 4) is 5.75 Å². The van der Waals surface area contributed by atoms with Gasteiger partial charge in [-0.2, -0.15) is 0 Å². The molecule has 2 aromatic rings. The lowest BCUT2D eigenvalue weighted by molar-refractivity contribution is -0.133. The Bertz CT molecular complexity index is 892. The van der Waals surface area contributed by atoms with E-state index in [0.29, 0.717) is 24.6 Å². The fourth-order valence-corrected chi connectivity index (χ4v) is 5.22. The molecule has 0 bridgehead atoms. The third-order valence-corrected chi connectivity index (χ3v) is 7.30. The van der Waals surface area contributed by atoms with E-state index in [1.807, 2.05) is 54.6 Å². The second-order valence-electron chi connectivity index (χ2n) is 7.45. The van der Waals surface area contributed by atoms with Crippen LogP contribution in [0.1, 0.15) is 42.6 Å². The van der Waals surface area contributed by atoms with Crippen LogP contribution in [0.3, 0.4) is 0 Å². The molecule has 1 saturated heterocycles. The molecule has 0 saturated carbocycles. The highest BCUT2D eigenvalue weighted by molar-refractivity contribution is 7.91. The number of rotatable bonds is 5. The first-order chi connectivity index (χ1) is 13.4. The lowest BCUT2D eigenvalue weighted by Crippen LogP contribution is -2.37. The summed E-state index contributed by atoms with van der Waals surface area (Å²) in [5.74, 6) is 0.868. The maximum atomic E-state index is 12.7. The molecule has 1 aliphatic rings. The molecule has 0 aromatic heterocycles. The Labute approximate surface area is 167 Å². The molecule has 0 N–H and O–H groups in total. The van der Waals surface area contributed by atoms with Crippen LogP contribution < -0.4 is 4.74 Å². The highest BCUT2D eigenvalue weighted by Crippen LogP contribution is 2.29. The molecule has 1 aliphatic heterocycles. The molecule has 5 nitrogen and oxygen atoms in total. The Hall–Kier alpha value is -2.34. The Morgan fingerprint density at radius 2 is 1.75 bits per heavy atom. The third kappa shape index (κ3) is 4.93. The molecule has 0 radical (unpaired) electrons. The van der Waals surface area contributed by atoms with Crippen molar-refractivity contribution >= 4 is 15.7 Å². The molecule has 3 rings (SSSR count). The summed E-state index contributed by atoms with van der Waals surface area (Å²) in [5.41, 5.74) is 2.00. The lowest BCUT2D eigenvalue weighted by Gasteiger charge is -2.20. The molecular formula is C22H27NO4S. The predicted octanol–water partition coefficient (Wildman–Crippen LogP) is 3.58. The third-order valence-electron chi connectivity index (χ3n) is 5.17. The van der Waals surface area contributed by atoms with Gasteiger partial charge in [0, 0.05) is 13.1 Å². The summed E-state index contributed by atoms with van der Waals surface area (Å²) in [6.45, 7) is 4.77. The highest BCUT2D eigenvalue weighted by atomic mass is 32.2. The maximum absolute atomic E-state index is 12.7. The smallest absolute Gasteiger partial charge is 0.260 e. The molecule has 2 aromatic carbocycles. The Morgan fingerprint density at radius 1 is 1.07 bits per heavy atom. The van der Waals surface area contributed by atoms with E-state index in [9.17, 15) is 13.2 Å². The van der Waals surface area contributed by atoms with Crippen LogP contribution in [0.4, 0.5) is 0 Å². The molecule has 28 heavy (non-hydrogen) atoms. The minimum absolute atomic E-state index is 0.0264. The molecular weight excluding hydrogens is 374 g/mol. The molecule has 1 atom stereocenters. The second-order valence-corrected chi connectivity index (χ2v) is 9.75. The van der Waals surface area contributed by atoms with Gasteiger partial charge in [0.25, 0.3) is 5.91 Å². The molecule has 1 heterocycles. The van der Waals surface area contributed by atoms with Crippen LogP contribution in [0.2, 0.25) is 0 Å². The van der Waals surface area contributed by atoms with Crippen molar-refractivity contribution in [1.82, 2.24) is 4.90 Å². The van der Waals surface area contributed by atoms with Crippen LogP contribution >= 0.6 is 0 Å². The molecule has 0 spiro atoms. The van der Waals surface area contributed by atoms with E-state index in [1.165, 1.54) is 5.56 Å². The molecule has 150 valence electrons. The van der Waals surface area contributed by atoms with Gasteiger partial charge < -0.3 is 9.64 Å². The van der Waals surface area contributed by atoms with Crippen molar-refractivity contribution in [2.24, 2.45) is 0 Å². The van der Waals surface area contributed by atoms with E-state index in [-0.39, 0.29) is 24.8 Å². The molecule has 1 fully saturated rings. The number of hydrogen-bond acceptors (Lipinski definition) is 4. The van der Waals surface area contributed by atoms with Crippen molar-refractivity contribution in [1.29, 1.82) is 0 Å². The normalized spacial score (nSPS) is 19.2. The van der Waals surface area contributed by atoms with Gasteiger partial charge in [-0.05, 0) is 35.6 Å². The summed E-state index contributed by atoms with van der Waals surface area (Å²) in [4.78, 5) is 14.2. The van der Waals surface area contributed by atoms with Crippen LogP contribution in [0, 0.1) is 0 Å².